The van der Waals surface area contributed by atoms with Gasteiger partial charge >= 0.3 is 0 Å². The van der Waals surface area contributed by atoms with Crippen LogP contribution in [0.5, 0.6) is 5.75 Å². The SMILES string of the molecule is COc1ccc(C(N)c2ccc(Cl)cc2C)c(Br)c1. The van der Waals surface area contributed by atoms with Gasteiger partial charge in [-0.2, -0.15) is 0 Å². The predicted molar refractivity (Wildman–Crippen MR) is 82.9 cm³/mol. The fraction of sp³-hybridized carbons (Fsp3) is 0.200. The molecule has 0 heterocycles. The number of rotatable bonds is 3. The Morgan fingerprint density at radius 2 is 1.84 bits per heavy atom. The van der Waals surface area contributed by atoms with E-state index in [4.69, 9.17) is 22.1 Å². The lowest BCUT2D eigenvalue weighted by Gasteiger charge is -2.17. The zero-order valence-electron chi connectivity index (χ0n) is 10.8. The molecule has 0 aromatic heterocycles. The number of methoxy groups -OCH3 is 1. The summed E-state index contributed by atoms with van der Waals surface area (Å²) in [6, 6.07) is 11.4. The zero-order chi connectivity index (χ0) is 14.0. The summed E-state index contributed by atoms with van der Waals surface area (Å²) in [5.74, 6) is 0.802. The first kappa shape index (κ1) is 14.4. The summed E-state index contributed by atoms with van der Waals surface area (Å²) in [4.78, 5) is 0. The van der Waals surface area contributed by atoms with Crippen LogP contribution < -0.4 is 10.5 Å². The van der Waals surface area contributed by atoms with Crippen LogP contribution in [0.15, 0.2) is 40.9 Å². The van der Waals surface area contributed by atoms with Gasteiger partial charge in [-0.15, -0.1) is 0 Å². The quantitative estimate of drug-likeness (QED) is 0.895. The summed E-state index contributed by atoms with van der Waals surface area (Å²) in [6.45, 7) is 2.01. The van der Waals surface area contributed by atoms with E-state index in [1.165, 1.54) is 0 Å². The molecule has 0 bridgehead atoms. The van der Waals surface area contributed by atoms with Crippen molar-refractivity contribution in [3.05, 3.63) is 62.6 Å². The van der Waals surface area contributed by atoms with Crippen molar-refractivity contribution in [2.45, 2.75) is 13.0 Å². The summed E-state index contributed by atoms with van der Waals surface area (Å²) in [7, 11) is 1.64. The Morgan fingerprint density at radius 1 is 1.16 bits per heavy atom. The first-order chi connectivity index (χ1) is 9.02. The number of aryl methyl sites for hydroxylation is 1. The second kappa shape index (κ2) is 5.95. The highest BCUT2D eigenvalue weighted by Crippen LogP contribution is 2.31. The lowest BCUT2D eigenvalue weighted by atomic mass is 9.96. The van der Waals surface area contributed by atoms with E-state index in [0.717, 1.165) is 31.9 Å². The Kier molecular flexibility index (Phi) is 4.50. The van der Waals surface area contributed by atoms with Crippen molar-refractivity contribution in [3.8, 4) is 5.75 Å². The molecule has 1 atom stereocenters. The summed E-state index contributed by atoms with van der Waals surface area (Å²) in [5.41, 5.74) is 9.52. The molecule has 0 saturated carbocycles. The van der Waals surface area contributed by atoms with Gasteiger partial charge in [-0.05, 0) is 47.9 Å². The van der Waals surface area contributed by atoms with Gasteiger partial charge in [-0.25, -0.2) is 0 Å². The van der Waals surface area contributed by atoms with Gasteiger partial charge in [-0.1, -0.05) is 39.7 Å². The second-order valence-corrected chi connectivity index (χ2v) is 5.66. The van der Waals surface area contributed by atoms with Crippen LogP contribution in [0.4, 0.5) is 0 Å². The lowest BCUT2D eigenvalue weighted by Crippen LogP contribution is -2.13. The van der Waals surface area contributed by atoms with Gasteiger partial charge in [0, 0.05) is 9.50 Å². The number of hydrogen-bond donors (Lipinski definition) is 1. The van der Waals surface area contributed by atoms with Crippen molar-refractivity contribution < 1.29 is 4.74 Å². The molecule has 19 heavy (non-hydrogen) atoms. The van der Waals surface area contributed by atoms with Gasteiger partial charge in [0.1, 0.15) is 5.75 Å². The number of halogens is 2. The smallest absolute Gasteiger partial charge is 0.120 e. The van der Waals surface area contributed by atoms with Crippen molar-refractivity contribution in [1.29, 1.82) is 0 Å². The number of benzene rings is 2. The minimum Gasteiger partial charge on any atom is -0.497 e. The maximum absolute atomic E-state index is 6.35. The fourth-order valence-corrected chi connectivity index (χ4v) is 2.87. The standard InChI is InChI=1S/C15H15BrClNO/c1-9-7-10(17)3-5-12(9)15(18)13-6-4-11(19-2)8-14(13)16/h3-8,15H,18H2,1-2H3. The lowest BCUT2D eigenvalue weighted by molar-refractivity contribution is 0.414. The van der Waals surface area contributed by atoms with E-state index in [0.29, 0.717) is 0 Å². The number of ether oxygens (including phenoxy) is 1. The maximum atomic E-state index is 6.35. The highest BCUT2D eigenvalue weighted by atomic mass is 79.9. The van der Waals surface area contributed by atoms with Crippen molar-refractivity contribution >= 4 is 27.5 Å². The molecule has 2 N–H and O–H groups in total. The number of nitrogens with two attached hydrogens (primary N) is 1. The highest BCUT2D eigenvalue weighted by Gasteiger charge is 2.15. The van der Waals surface area contributed by atoms with Gasteiger partial charge < -0.3 is 10.5 Å². The second-order valence-electron chi connectivity index (χ2n) is 4.37. The van der Waals surface area contributed by atoms with Crippen LogP contribution in [0.2, 0.25) is 5.02 Å². The van der Waals surface area contributed by atoms with E-state index >= 15 is 0 Å². The minimum absolute atomic E-state index is 0.197. The molecule has 0 saturated heterocycles. The molecule has 0 aliphatic carbocycles. The average Bonchev–Trinajstić information content (AvgIpc) is 2.37. The van der Waals surface area contributed by atoms with Gasteiger partial charge in [-0.3, -0.25) is 0 Å². The summed E-state index contributed by atoms with van der Waals surface area (Å²) >= 11 is 9.51. The summed E-state index contributed by atoms with van der Waals surface area (Å²) in [6.07, 6.45) is 0. The van der Waals surface area contributed by atoms with Crippen molar-refractivity contribution in [3.63, 3.8) is 0 Å². The monoisotopic (exact) mass is 339 g/mol. The normalized spacial score (nSPS) is 12.3. The molecule has 4 heteroatoms. The molecule has 2 rings (SSSR count). The molecular weight excluding hydrogens is 326 g/mol. The van der Waals surface area contributed by atoms with Crippen LogP contribution in [-0.2, 0) is 0 Å². The van der Waals surface area contributed by atoms with Crippen molar-refractivity contribution in [2.24, 2.45) is 5.73 Å². The minimum atomic E-state index is -0.197. The van der Waals surface area contributed by atoms with Crippen LogP contribution >= 0.6 is 27.5 Å². The predicted octanol–water partition coefficient (Wildman–Crippen LogP) is 4.47. The Balaban J connectivity index is 2.41. The number of hydrogen-bond acceptors (Lipinski definition) is 2. The molecular formula is C15H15BrClNO. The molecule has 0 amide bonds. The van der Waals surface area contributed by atoms with Crippen molar-refractivity contribution in [1.82, 2.24) is 0 Å². The molecule has 2 nitrogen and oxygen atoms in total. The van der Waals surface area contributed by atoms with E-state index in [-0.39, 0.29) is 6.04 Å². The molecule has 0 radical (unpaired) electrons. The highest BCUT2D eigenvalue weighted by molar-refractivity contribution is 9.10. The van der Waals surface area contributed by atoms with Crippen LogP contribution in [-0.4, -0.2) is 7.11 Å². The van der Waals surface area contributed by atoms with Crippen LogP contribution in [0.25, 0.3) is 0 Å². The average molecular weight is 341 g/mol. The van der Waals surface area contributed by atoms with Crippen molar-refractivity contribution in [2.75, 3.05) is 7.11 Å². The van der Waals surface area contributed by atoms with E-state index in [1.807, 2.05) is 43.3 Å². The van der Waals surface area contributed by atoms with Gasteiger partial charge in [0.2, 0.25) is 0 Å². The maximum Gasteiger partial charge on any atom is 0.120 e. The Bertz CT molecular complexity index is 601. The molecule has 2 aromatic rings. The third kappa shape index (κ3) is 3.11. The zero-order valence-corrected chi connectivity index (χ0v) is 13.1. The largest absolute Gasteiger partial charge is 0.497 e. The Labute approximate surface area is 126 Å². The Morgan fingerprint density at radius 3 is 2.42 bits per heavy atom. The van der Waals surface area contributed by atoms with E-state index in [1.54, 1.807) is 7.11 Å². The first-order valence-electron chi connectivity index (χ1n) is 5.88. The molecule has 0 spiro atoms. The summed E-state index contributed by atoms with van der Waals surface area (Å²) in [5, 5.41) is 0.724. The van der Waals surface area contributed by atoms with Gasteiger partial charge in [0.05, 0.1) is 13.2 Å². The summed E-state index contributed by atoms with van der Waals surface area (Å²) < 4.78 is 6.13. The molecule has 0 fully saturated rings. The fourth-order valence-electron chi connectivity index (χ4n) is 2.04. The van der Waals surface area contributed by atoms with Gasteiger partial charge in [0.15, 0.2) is 0 Å². The molecule has 100 valence electrons. The van der Waals surface area contributed by atoms with Gasteiger partial charge in [0.25, 0.3) is 0 Å². The first-order valence-corrected chi connectivity index (χ1v) is 7.05. The van der Waals surface area contributed by atoms with E-state index in [9.17, 15) is 0 Å². The van der Waals surface area contributed by atoms with E-state index in [2.05, 4.69) is 15.9 Å². The molecule has 0 aliphatic rings. The molecule has 2 aromatic carbocycles. The topological polar surface area (TPSA) is 35.2 Å². The Hall–Kier alpha value is -1.03. The molecule has 0 aliphatic heterocycles. The van der Waals surface area contributed by atoms with E-state index < -0.39 is 0 Å². The third-order valence-corrected chi connectivity index (χ3v) is 4.03. The van der Waals surface area contributed by atoms with Crippen LogP contribution in [0.1, 0.15) is 22.7 Å². The molecule has 1 unspecified atom stereocenters. The van der Waals surface area contributed by atoms with Crippen LogP contribution in [0.3, 0.4) is 0 Å². The third-order valence-electron chi connectivity index (χ3n) is 3.11. The van der Waals surface area contributed by atoms with Crippen LogP contribution in [0, 0.1) is 6.92 Å².